The number of hydrogen-bond donors (Lipinski definition) is 1. The zero-order chi connectivity index (χ0) is 14.9. The first-order valence-electron chi connectivity index (χ1n) is 8.02. The van der Waals surface area contributed by atoms with E-state index in [2.05, 4.69) is 22.2 Å². The highest BCUT2D eigenvalue weighted by Crippen LogP contribution is 2.39. The fraction of sp³-hybridized carbons (Fsp3) is 0.625. The quantitative estimate of drug-likeness (QED) is 0.918. The lowest BCUT2D eigenvalue weighted by molar-refractivity contribution is 0.0395. The highest BCUT2D eigenvalue weighted by molar-refractivity contribution is 7.19. The van der Waals surface area contributed by atoms with Gasteiger partial charge in [0, 0.05) is 17.5 Å². The minimum absolute atomic E-state index is 0.218. The molecule has 6 heteroatoms. The molecule has 2 unspecified atom stereocenters. The lowest BCUT2D eigenvalue weighted by Gasteiger charge is -2.18. The van der Waals surface area contributed by atoms with Gasteiger partial charge in [0.25, 0.3) is 0 Å². The Labute approximate surface area is 134 Å². The molecule has 1 saturated heterocycles. The number of nitrogens with zero attached hydrogens (tertiary/aromatic N) is 2. The molecule has 0 amide bonds. The van der Waals surface area contributed by atoms with E-state index in [0.717, 1.165) is 36.7 Å². The van der Waals surface area contributed by atoms with Crippen molar-refractivity contribution >= 4 is 27.4 Å². The van der Waals surface area contributed by atoms with Crippen LogP contribution in [0.2, 0.25) is 0 Å². The zero-order valence-electron chi connectivity index (χ0n) is 12.8. The number of thiophene rings is 1. The molecule has 1 N–H and O–H groups in total. The molecule has 1 fully saturated rings. The first-order valence-corrected chi connectivity index (χ1v) is 8.84. The van der Waals surface area contributed by atoms with Crippen molar-refractivity contribution < 1.29 is 9.47 Å². The van der Waals surface area contributed by atoms with E-state index in [-0.39, 0.29) is 12.1 Å². The van der Waals surface area contributed by atoms with Crippen molar-refractivity contribution in [1.82, 2.24) is 9.97 Å². The van der Waals surface area contributed by atoms with Crippen LogP contribution in [-0.2, 0) is 22.3 Å². The number of aryl methyl sites for hydroxylation is 2. The predicted molar refractivity (Wildman–Crippen MR) is 87.7 cm³/mol. The van der Waals surface area contributed by atoms with Gasteiger partial charge in [-0.15, -0.1) is 11.3 Å². The van der Waals surface area contributed by atoms with Crippen LogP contribution in [0.4, 0.5) is 5.82 Å². The molecule has 2 atom stereocenters. The summed E-state index contributed by atoms with van der Waals surface area (Å²) in [5, 5.41) is 4.75. The Morgan fingerprint density at radius 1 is 1.45 bits per heavy atom. The molecule has 3 heterocycles. The van der Waals surface area contributed by atoms with E-state index in [9.17, 15) is 0 Å². The van der Waals surface area contributed by atoms with E-state index < -0.39 is 0 Å². The molecule has 1 aliphatic carbocycles. The van der Waals surface area contributed by atoms with Crippen LogP contribution in [-0.4, -0.2) is 41.9 Å². The average Bonchev–Trinajstić information content (AvgIpc) is 3.22. The monoisotopic (exact) mass is 319 g/mol. The van der Waals surface area contributed by atoms with Gasteiger partial charge in [-0.1, -0.05) is 0 Å². The van der Waals surface area contributed by atoms with Gasteiger partial charge < -0.3 is 14.8 Å². The molecule has 0 bridgehead atoms. The van der Waals surface area contributed by atoms with Crippen molar-refractivity contribution in [2.24, 2.45) is 0 Å². The van der Waals surface area contributed by atoms with Crippen LogP contribution in [0.3, 0.4) is 0 Å². The van der Waals surface area contributed by atoms with Gasteiger partial charge in [-0.25, -0.2) is 9.97 Å². The second kappa shape index (κ2) is 6.10. The topological polar surface area (TPSA) is 56.3 Å². The molecule has 0 aromatic carbocycles. The van der Waals surface area contributed by atoms with E-state index >= 15 is 0 Å². The molecule has 1 aliphatic heterocycles. The van der Waals surface area contributed by atoms with Gasteiger partial charge >= 0.3 is 0 Å². The van der Waals surface area contributed by atoms with Gasteiger partial charge in [0.15, 0.2) is 0 Å². The van der Waals surface area contributed by atoms with Crippen molar-refractivity contribution in [3.8, 4) is 0 Å². The zero-order valence-corrected chi connectivity index (χ0v) is 13.6. The van der Waals surface area contributed by atoms with Gasteiger partial charge in [0.05, 0.1) is 24.7 Å². The lowest BCUT2D eigenvalue weighted by atomic mass is 10.2. The largest absolute Gasteiger partial charge is 0.379 e. The number of hydrogen-bond acceptors (Lipinski definition) is 6. The third-order valence-electron chi connectivity index (χ3n) is 4.35. The number of anilines is 1. The Morgan fingerprint density at radius 2 is 2.41 bits per heavy atom. The Bertz CT molecular complexity index is 667. The highest BCUT2D eigenvalue weighted by Gasteiger charge is 2.22. The molecule has 0 saturated carbocycles. The van der Waals surface area contributed by atoms with Crippen LogP contribution in [0.5, 0.6) is 0 Å². The third kappa shape index (κ3) is 2.71. The van der Waals surface area contributed by atoms with Crippen molar-refractivity contribution in [3.05, 3.63) is 16.8 Å². The minimum Gasteiger partial charge on any atom is -0.379 e. The normalized spacial score (nSPS) is 22.1. The fourth-order valence-electron chi connectivity index (χ4n) is 3.24. The molecule has 118 valence electrons. The summed E-state index contributed by atoms with van der Waals surface area (Å²) >= 11 is 1.82. The van der Waals surface area contributed by atoms with E-state index in [1.807, 2.05) is 11.3 Å². The summed E-state index contributed by atoms with van der Waals surface area (Å²) in [5.41, 5.74) is 1.46. The lowest BCUT2D eigenvalue weighted by Crippen LogP contribution is -2.26. The maximum absolute atomic E-state index is 5.89. The number of aromatic nitrogens is 2. The predicted octanol–water partition coefficient (Wildman–Crippen LogP) is 2.79. The maximum Gasteiger partial charge on any atom is 0.138 e. The second-order valence-electron chi connectivity index (χ2n) is 6.12. The van der Waals surface area contributed by atoms with Crippen molar-refractivity contribution in [2.45, 2.75) is 44.8 Å². The van der Waals surface area contributed by atoms with E-state index in [0.29, 0.717) is 6.61 Å². The molecule has 0 spiro atoms. The van der Waals surface area contributed by atoms with E-state index in [4.69, 9.17) is 9.47 Å². The van der Waals surface area contributed by atoms with Crippen LogP contribution in [0.1, 0.15) is 30.2 Å². The molecule has 0 radical (unpaired) electrons. The Kier molecular flexibility index (Phi) is 3.98. The first kappa shape index (κ1) is 14.4. The van der Waals surface area contributed by atoms with Gasteiger partial charge in [-0.05, 0) is 38.2 Å². The summed E-state index contributed by atoms with van der Waals surface area (Å²) in [6.07, 6.45) is 6.51. The fourth-order valence-corrected chi connectivity index (χ4v) is 4.47. The summed E-state index contributed by atoms with van der Waals surface area (Å²) in [6, 6.07) is 0.218. The summed E-state index contributed by atoms with van der Waals surface area (Å²) in [6.45, 7) is 4.35. The highest BCUT2D eigenvalue weighted by atomic mass is 32.1. The van der Waals surface area contributed by atoms with Crippen LogP contribution in [0, 0.1) is 0 Å². The molecular weight excluding hydrogens is 298 g/mol. The molecule has 2 aliphatic rings. The van der Waals surface area contributed by atoms with Gasteiger partial charge in [0.2, 0.25) is 0 Å². The first-order chi connectivity index (χ1) is 10.8. The summed E-state index contributed by atoms with van der Waals surface area (Å²) < 4.78 is 11.2. The van der Waals surface area contributed by atoms with Gasteiger partial charge in [-0.3, -0.25) is 0 Å². The third-order valence-corrected chi connectivity index (χ3v) is 5.55. The summed E-state index contributed by atoms with van der Waals surface area (Å²) in [4.78, 5) is 11.5. The van der Waals surface area contributed by atoms with Gasteiger partial charge in [0.1, 0.15) is 17.0 Å². The van der Waals surface area contributed by atoms with E-state index in [1.165, 1.54) is 28.7 Å². The number of rotatable bonds is 5. The number of nitrogens with one attached hydrogen (secondary N) is 1. The molecule has 2 aromatic rings. The van der Waals surface area contributed by atoms with E-state index in [1.54, 1.807) is 6.33 Å². The van der Waals surface area contributed by atoms with Crippen molar-refractivity contribution in [2.75, 3.05) is 25.1 Å². The summed E-state index contributed by atoms with van der Waals surface area (Å²) in [7, 11) is 0. The smallest absolute Gasteiger partial charge is 0.138 e. The van der Waals surface area contributed by atoms with Crippen molar-refractivity contribution in [1.29, 1.82) is 0 Å². The van der Waals surface area contributed by atoms with Crippen LogP contribution in [0.25, 0.3) is 10.2 Å². The standard InChI is InChI=1S/C16H21N3O2S/c1-10(7-21-11-5-6-20-8-11)19-15-14-12-3-2-4-13(12)22-16(14)18-9-17-15/h9-11H,2-8H2,1H3,(H,17,18,19). The number of ether oxygens (including phenoxy) is 2. The Morgan fingerprint density at radius 3 is 3.27 bits per heavy atom. The molecule has 5 nitrogen and oxygen atoms in total. The molecule has 4 rings (SSSR count). The molecule has 2 aromatic heterocycles. The van der Waals surface area contributed by atoms with Crippen LogP contribution < -0.4 is 5.32 Å². The SMILES string of the molecule is CC(COC1CCOC1)Nc1ncnc2sc3c(c12)CCC3. The summed E-state index contributed by atoms with van der Waals surface area (Å²) in [5.74, 6) is 0.961. The van der Waals surface area contributed by atoms with Crippen LogP contribution in [0.15, 0.2) is 6.33 Å². The molecular formula is C16H21N3O2S. The average molecular weight is 319 g/mol. The van der Waals surface area contributed by atoms with Gasteiger partial charge in [-0.2, -0.15) is 0 Å². The second-order valence-corrected chi connectivity index (χ2v) is 7.21. The Hall–Kier alpha value is -1.24. The molecule has 22 heavy (non-hydrogen) atoms. The maximum atomic E-state index is 5.89. The number of fused-ring (bicyclic) bond motifs is 3. The van der Waals surface area contributed by atoms with Crippen molar-refractivity contribution in [3.63, 3.8) is 0 Å². The van der Waals surface area contributed by atoms with Crippen LogP contribution >= 0.6 is 11.3 Å². The minimum atomic E-state index is 0.218. The Balaban J connectivity index is 1.48.